The largest absolute Gasteiger partial charge is 0.508 e. The summed E-state index contributed by atoms with van der Waals surface area (Å²) in [6.07, 6.45) is 4.06. The van der Waals surface area contributed by atoms with Gasteiger partial charge in [-0.3, -0.25) is 0 Å². The normalized spacial score (nSPS) is 25.1. The average molecular weight is 484 g/mol. The molecule has 10 heteroatoms. The lowest BCUT2D eigenvalue weighted by molar-refractivity contribution is 0.238. The van der Waals surface area contributed by atoms with Crippen molar-refractivity contribution < 1.29 is 19.0 Å². The van der Waals surface area contributed by atoms with E-state index in [0.29, 0.717) is 34.4 Å². The fraction of sp³-hybridized carbons (Fsp3) is 0.458. The fourth-order valence-electron chi connectivity index (χ4n) is 5.77. The molecular formula is C24H23ClFN5O3. The molecule has 4 aliphatic rings. The number of rotatable bonds is 3. The van der Waals surface area contributed by atoms with E-state index in [2.05, 4.69) is 25.2 Å². The smallest absolute Gasteiger partial charge is 0.318 e. The molecule has 2 bridgehead atoms. The minimum Gasteiger partial charge on any atom is -0.508 e. The van der Waals surface area contributed by atoms with Crippen molar-refractivity contribution in [2.24, 2.45) is 0 Å². The van der Waals surface area contributed by atoms with Crippen LogP contribution in [0.1, 0.15) is 37.2 Å². The van der Waals surface area contributed by atoms with Crippen LogP contribution in [0, 0.1) is 5.82 Å². The van der Waals surface area contributed by atoms with Gasteiger partial charge in [-0.15, -0.1) is 0 Å². The summed E-state index contributed by atoms with van der Waals surface area (Å²) in [4.78, 5) is 15.9. The lowest BCUT2D eigenvalue weighted by atomic mass is 9.98. The van der Waals surface area contributed by atoms with Crippen molar-refractivity contribution in [3.8, 4) is 28.9 Å². The van der Waals surface area contributed by atoms with Crippen LogP contribution in [0.4, 0.5) is 10.2 Å². The minimum absolute atomic E-state index is 0.0412. The summed E-state index contributed by atoms with van der Waals surface area (Å²) >= 11 is 6.49. The number of fused-ring (bicyclic) bond motifs is 5. The highest BCUT2D eigenvalue weighted by molar-refractivity contribution is 6.32. The summed E-state index contributed by atoms with van der Waals surface area (Å²) in [5, 5.41) is 14.8. The Morgan fingerprint density at radius 1 is 1.21 bits per heavy atom. The number of anilines is 1. The number of ether oxygens (including phenoxy) is 2. The SMILES string of the molecule is COc1nc2c3c(nc(-c4cc(O)cc(Cl)c4C4CC4)c(F)c3n1)OCC1C3CCC(CN21)N3. The Morgan fingerprint density at radius 2 is 2.06 bits per heavy atom. The standard InChI is InChI=1S/C24H23ClFN5O3/c1-33-24-29-21-18-22(30-24)31-8-11-4-5-15(27-11)16(31)9-34-23(18)28-20(19(21)26)13-6-12(32)7-14(25)17(13)10-2-3-10/h6-7,10-11,15-16,27,32H,2-5,8-9H2,1H3. The number of nitrogens with one attached hydrogen (secondary N) is 1. The van der Waals surface area contributed by atoms with Crippen molar-refractivity contribution >= 4 is 28.3 Å². The molecule has 0 spiro atoms. The van der Waals surface area contributed by atoms with Crippen molar-refractivity contribution in [3.63, 3.8) is 0 Å². The Bertz CT molecular complexity index is 1350. The van der Waals surface area contributed by atoms with Gasteiger partial charge in [0.1, 0.15) is 34.8 Å². The number of benzene rings is 1. The monoisotopic (exact) mass is 483 g/mol. The van der Waals surface area contributed by atoms with Crippen LogP contribution in [0.3, 0.4) is 0 Å². The molecule has 2 N–H and O–H groups in total. The Hall–Kier alpha value is -2.91. The number of hydrogen-bond donors (Lipinski definition) is 2. The third-order valence-electron chi connectivity index (χ3n) is 7.47. The molecular weight excluding hydrogens is 461 g/mol. The molecule has 34 heavy (non-hydrogen) atoms. The number of halogens is 2. The number of nitrogens with zero attached hydrogens (tertiary/aromatic N) is 4. The number of piperazine rings is 1. The fourth-order valence-corrected chi connectivity index (χ4v) is 6.14. The number of aromatic hydroxyl groups is 1. The van der Waals surface area contributed by atoms with Crippen LogP contribution in [-0.4, -0.2) is 58.4 Å². The number of methoxy groups -OCH3 is 1. The second-order valence-corrected chi connectivity index (χ2v) is 9.99. The highest BCUT2D eigenvalue weighted by Gasteiger charge is 2.44. The van der Waals surface area contributed by atoms with E-state index in [1.54, 1.807) is 0 Å². The van der Waals surface area contributed by atoms with E-state index in [1.165, 1.54) is 19.2 Å². The van der Waals surface area contributed by atoms with Gasteiger partial charge in [0.25, 0.3) is 0 Å². The lowest BCUT2D eigenvalue weighted by Gasteiger charge is -2.40. The zero-order valence-electron chi connectivity index (χ0n) is 18.5. The number of hydrogen-bond acceptors (Lipinski definition) is 8. The highest BCUT2D eigenvalue weighted by atomic mass is 35.5. The van der Waals surface area contributed by atoms with Gasteiger partial charge < -0.3 is 24.8 Å². The summed E-state index contributed by atoms with van der Waals surface area (Å²) < 4.78 is 27.8. The predicted molar refractivity (Wildman–Crippen MR) is 125 cm³/mol. The summed E-state index contributed by atoms with van der Waals surface area (Å²) in [6.45, 7) is 1.14. The number of phenols is 1. The van der Waals surface area contributed by atoms with Gasteiger partial charge in [0.15, 0.2) is 5.82 Å². The van der Waals surface area contributed by atoms with Crippen molar-refractivity contribution in [2.45, 2.75) is 49.7 Å². The van der Waals surface area contributed by atoms with E-state index in [4.69, 9.17) is 21.1 Å². The summed E-state index contributed by atoms with van der Waals surface area (Å²) in [5.41, 5.74) is 1.42. The van der Waals surface area contributed by atoms with Crippen LogP contribution in [-0.2, 0) is 0 Å². The molecule has 5 heterocycles. The van der Waals surface area contributed by atoms with E-state index in [1.807, 2.05) is 0 Å². The van der Waals surface area contributed by atoms with E-state index in [9.17, 15) is 5.11 Å². The van der Waals surface area contributed by atoms with Crippen LogP contribution in [0.15, 0.2) is 12.1 Å². The van der Waals surface area contributed by atoms with Crippen LogP contribution in [0.5, 0.6) is 17.6 Å². The van der Waals surface area contributed by atoms with Crippen LogP contribution in [0.25, 0.3) is 22.2 Å². The van der Waals surface area contributed by atoms with E-state index >= 15 is 4.39 Å². The second kappa shape index (κ2) is 7.29. The molecule has 2 aromatic heterocycles. The number of phenolic OH excluding ortho intramolecular Hbond substituents is 1. The zero-order valence-corrected chi connectivity index (χ0v) is 19.3. The Morgan fingerprint density at radius 3 is 2.85 bits per heavy atom. The van der Waals surface area contributed by atoms with Gasteiger partial charge in [0.05, 0.1) is 13.2 Å². The van der Waals surface area contributed by atoms with Crippen molar-refractivity contribution in [1.29, 1.82) is 0 Å². The maximum absolute atomic E-state index is 16.2. The molecule has 3 atom stereocenters. The molecule has 7 rings (SSSR count). The average Bonchev–Trinajstić information content (AvgIpc) is 3.61. The molecule has 176 valence electrons. The first kappa shape index (κ1) is 20.5. The molecule has 8 nitrogen and oxygen atoms in total. The van der Waals surface area contributed by atoms with Gasteiger partial charge >= 0.3 is 6.01 Å². The zero-order chi connectivity index (χ0) is 23.1. The van der Waals surface area contributed by atoms with Gasteiger partial charge in [0.2, 0.25) is 5.88 Å². The van der Waals surface area contributed by atoms with Crippen LogP contribution >= 0.6 is 11.6 Å². The maximum Gasteiger partial charge on any atom is 0.318 e. The highest BCUT2D eigenvalue weighted by Crippen LogP contribution is 2.50. The molecule has 2 saturated heterocycles. The van der Waals surface area contributed by atoms with Crippen molar-refractivity contribution in [2.75, 3.05) is 25.2 Å². The molecule has 0 amide bonds. The van der Waals surface area contributed by atoms with Gasteiger partial charge in [-0.2, -0.15) is 9.97 Å². The van der Waals surface area contributed by atoms with Crippen LogP contribution in [0.2, 0.25) is 5.02 Å². The second-order valence-electron chi connectivity index (χ2n) is 9.58. The Balaban J connectivity index is 1.49. The third kappa shape index (κ3) is 2.96. The number of aromatic nitrogens is 3. The molecule has 3 unspecified atom stereocenters. The molecule has 3 aliphatic heterocycles. The summed E-state index contributed by atoms with van der Waals surface area (Å²) in [6, 6.07) is 3.76. The molecule has 1 aliphatic carbocycles. The van der Waals surface area contributed by atoms with Crippen LogP contribution < -0.4 is 19.7 Å². The van der Waals surface area contributed by atoms with E-state index in [-0.39, 0.29) is 46.9 Å². The quantitative estimate of drug-likeness (QED) is 0.581. The molecule has 3 fully saturated rings. The van der Waals surface area contributed by atoms with E-state index in [0.717, 1.165) is 37.8 Å². The third-order valence-corrected chi connectivity index (χ3v) is 7.78. The minimum atomic E-state index is -0.607. The summed E-state index contributed by atoms with van der Waals surface area (Å²) in [5.74, 6) is 0.441. The Labute approximate surface area is 200 Å². The first-order chi connectivity index (χ1) is 16.5. The Kier molecular flexibility index (Phi) is 4.39. The predicted octanol–water partition coefficient (Wildman–Crippen LogP) is 3.78. The number of pyridine rings is 1. The van der Waals surface area contributed by atoms with Gasteiger partial charge in [-0.1, -0.05) is 11.6 Å². The topological polar surface area (TPSA) is 92.6 Å². The first-order valence-corrected chi connectivity index (χ1v) is 12.0. The van der Waals surface area contributed by atoms with Gasteiger partial charge in [-0.25, -0.2) is 9.37 Å². The van der Waals surface area contributed by atoms with Gasteiger partial charge in [0, 0.05) is 29.2 Å². The maximum atomic E-state index is 16.2. The van der Waals surface area contributed by atoms with Gasteiger partial charge in [-0.05, 0) is 49.3 Å². The molecule has 0 radical (unpaired) electrons. The van der Waals surface area contributed by atoms with E-state index < -0.39 is 5.82 Å². The van der Waals surface area contributed by atoms with Crippen molar-refractivity contribution in [1.82, 2.24) is 20.3 Å². The molecule has 1 saturated carbocycles. The molecule has 3 aromatic rings. The first-order valence-electron chi connectivity index (χ1n) is 11.6. The summed E-state index contributed by atoms with van der Waals surface area (Å²) in [7, 11) is 1.47. The van der Waals surface area contributed by atoms with Crippen molar-refractivity contribution in [3.05, 3.63) is 28.5 Å². The molecule has 1 aromatic carbocycles. The lowest BCUT2D eigenvalue weighted by Crippen LogP contribution is -2.60.